The maximum Gasteiger partial charge on any atom is 0.147 e. The van der Waals surface area contributed by atoms with Crippen molar-refractivity contribution in [1.82, 2.24) is 14.9 Å². The Labute approximate surface area is 155 Å². The third-order valence-corrected chi connectivity index (χ3v) is 5.70. The standard InChI is InChI=1S/C18H19ClN4OS/c19-14-3-1-13(2-4-14)16-11-15-17(25-16)18(22-12-21-15)20-5-6-23-7-9-24-10-8-23/h1-4,11-12H,5-10H2,(H,20,21,22). The lowest BCUT2D eigenvalue weighted by Gasteiger charge is -2.26. The molecule has 1 aromatic carbocycles. The first-order valence-electron chi connectivity index (χ1n) is 8.34. The van der Waals surface area contributed by atoms with Gasteiger partial charge in [0.05, 0.1) is 23.4 Å². The van der Waals surface area contributed by atoms with Crippen molar-refractivity contribution in [2.24, 2.45) is 0 Å². The zero-order valence-corrected chi connectivity index (χ0v) is 15.3. The quantitative estimate of drug-likeness (QED) is 0.737. The normalized spacial score (nSPS) is 15.6. The Hall–Kier alpha value is -1.73. The Kier molecular flexibility index (Phi) is 5.12. The molecule has 0 bridgehead atoms. The predicted octanol–water partition coefficient (Wildman–Crippen LogP) is 3.76. The fraction of sp³-hybridized carbons (Fsp3) is 0.333. The molecule has 130 valence electrons. The lowest BCUT2D eigenvalue weighted by Crippen LogP contribution is -2.39. The molecule has 3 heterocycles. The molecule has 1 aliphatic rings. The molecule has 0 amide bonds. The van der Waals surface area contributed by atoms with E-state index >= 15 is 0 Å². The summed E-state index contributed by atoms with van der Waals surface area (Å²) >= 11 is 7.69. The average Bonchev–Trinajstić information content (AvgIpc) is 3.08. The molecular weight excluding hydrogens is 356 g/mol. The number of morpholine rings is 1. The average molecular weight is 375 g/mol. The van der Waals surface area contributed by atoms with Gasteiger partial charge in [-0.1, -0.05) is 23.7 Å². The van der Waals surface area contributed by atoms with Crippen LogP contribution in [0, 0.1) is 0 Å². The molecule has 1 saturated heterocycles. The second-order valence-corrected chi connectivity index (χ2v) is 7.42. The molecule has 0 radical (unpaired) electrons. The van der Waals surface area contributed by atoms with Crippen molar-refractivity contribution in [1.29, 1.82) is 0 Å². The summed E-state index contributed by atoms with van der Waals surface area (Å²) in [6.07, 6.45) is 1.62. The van der Waals surface area contributed by atoms with Crippen LogP contribution in [0.4, 0.5) is 5.82 Å². The molecule has 0 atom stereocenters. The molecule has 1 N–H and O–H groups in total. The number of hydrogen-bond acceptors (Lipinski definition) is 6. The van der Waals surface area contributed by atoms with Gasteiger partial charge < -0.3 is 10.1 Å². The van der Waals surface area contributed by atoms with E-state index in [9.17, 15) is 0 Å². The van der Waals surface area contributed by atoms with E-state index < -0.39 is 0 Å². The zero-order valence-electron chi connectivity index (χ0n) is 13.7. The van der Waals surface area contributed by atoms with Crippen molar-refractivity contribution in [3.63, 3.8) is 0 Å². The van der Waals surface area contributed by atoms with Crippen LogP contribution in [-0.2, 0) is 4.74 Å². The number of anilines is 1. The summed E-state index contributed by atoms with van der Waals surface area (Å²) in [4.78, 5) is 12.4. The summed E-state index contributed by atoms with van der Waals surface area (Å²) in [6, 6.07) is 10.00. The SMILES string of the molecule is Clc1ccc(-c2cc3ncnc(NCCN4CCOCC4)c3s2)cc1. The number of aromatic nitrogens is 2. The van der Waals surface area contributed by atoms with Crippen molar-refractivity contribution >= 4 is 39.0 Å². The Morgan fingerprint density at radius 2 is 1.96 bits per heavy atom. The Morgan fingerprint density at radius 1 is 1.16 bits per heavy atom. The number of thiophene rings is 1. The molecule has 4 rings (SSSR count). The first-order valence-corrected chi connectivity index (χ1v) is 9.53. The highest BCUT2D eigenvalue weighted by Gasteiger charge is 2.12. The second kappa shape index (κ2) is 7.66. The maximum atomic E-state index is 5.98. The highest BCUT2D eigenvalue weighted by Crippen LogP contribution is 2.35. The molecule has 0 aliphatic carbocycles. The van der Waals surface area contributed by atoms with Gasteiger partial charge in [-0.25, -0.2) is 9.97 Å². The minimum Gasteiger partial charge on any atom is -0.379 e. The van der Waals surface area contributed by atoms with E-state index in [2.05, 4.69) is 26.3 Å². The van der Waals surface area contributed by atoms with Crippen LogP contribution in [-0.4, -0.2) is 54.3 Å². The topological polar surface area (TPSA) is 50.3 Å². The molecule has 1 fully saturated rings. The van der Waals surface area contributed by atoms with Crippen LogP contribution < -0.4 is 5.32 Å². The fourth-order valence-electron chi connectivity index (χ4n) is 2.89. The van der Waals surface area contributed by atoms with Crippen molar-refractivity contribution in [2.45, 2.75) is 0 Å². The molecule has 0 unspecified atom stereocenters. The molecule has 5 nitrogen and oxygen atoms in total. The van der Waals surface area contributed by atoms with E-state index in [-0.39, 0.29) is 0 Å². The van der Waals surface area contributed by atoms with E-state index in [1.807, 2.05) is 24.3 Å². The molecule has 2 aromatic heterocycles. The number of hydrogen-bond donors (Lipinski definition) is 1. The van der Waals surface area contributed by atoms with Gasteiger partial charge in [-0.15, -0.1) is 11.3 Å². The van der Waals surface area contributed by atoms with Gasteiger partial charge in [-0.2, -0.15) is 0 Å². The van der Waals surface area contributed by atoms with Gasteiger partial charge in [0, 0.05) is 36.1 Å². The number of benzene rings is 1. The third kappa shape index (κ3) is 3.93. The monoisotopic (exact) mass is 374 g/mol. The van der Waals surface area contributed by atoms with Crippen molar-refractivity contribution in [2.75, 3.05) is 44.7 Å². The highest BCUT2D eigenvalue weighted by atomic mass is 35.5. The number of ether oxygens (including phenoxy) is 1. The highest BCUT2D eigenvalue weighted by molar-refractivity contribution is 7.22. The number of nitrogens with one attached hydrogen (secondary N) is 1. The van der Waals surface area contributed by atoms with Gasteiger partial charge in [-0.05, 0) is 23.8 Å². The van der Waals surface area contributed by atoms with Crippen molar-refractivity contribution in [3.05, 3.63) is 41.7 Å². The first kappa shape index (κ1) is 16.7. The van der Waals surface area contributed by atoms with E-state index in [4.69, 9.17) is 16.3 Å². The Morgan fingerprint density at radius 3 is 2.76 bits per heavy atom. The molecular formula is C18H19ClN4OS. The Balaban J connectivity index is 1.50. The van der Waals surface area contributed by atoms with Crippen LogP contribution >= 0.6 is 22.9 Å². The zero-order chi connectivity index (χ0) is 17.1. The molecule has 7 heteroatoms. The van der Waals surface area contributed by atoms with Crippen LogP contribution in [0.15, 0.2) is 36.7 Å². The molecule has 0 saturated carbocycles. The van der Waals surface area contributed by atoms with Crippen LogP contribution in [0.25, 0.3) is 20.7 Å². The van der Waals surface area contributed by atoms with Gasteiger partial charge >= 0.3 is 0 Å². The van der Waals surface area contributed by atoms with Crippen LogP contribution in [0.5, 0.6) is 0 Å². The third-order valence-electron chi connectivity index (χ3n) is 4.26. The lowest BCUT2D eigenvalue weighted by molar-refractivity contribution is 0.0398. The summed E-state index contributed by atoms with van der Waals surface area (Å²) < 4.78 is 6.48. The molecule has 25 heavy (non-hydrogen) atoms. The largest absolute Gasteiger partial charge is 0.379 e. The van der Waals surface area contributed by atoms with Gasteiger partial charge in [0.1, 0.15) is 12.1 Å². The van der Waals surface area contributed by atoms with Crippen LogP contribution in [0.1, 0.15) is 0 Å². The van der Waals surface area contributed by atoms with E-state index in [1.54, 1.807) is 17.7 Å². The predicted molar refractivity (Wildman–Crippen MR) is 104 cm³/mol. The summed E-state index contributed by atoms with van der Waals surface area (Å²) in [5, 5.41) is 4.21. The van der Waals surface area contributed by atoms with E-state index in [0.717, 1.165) is 66.0 Å². The minimum atomic E-state index is 0.745. The van der Waals surface area contributed by atoms with Gasteiger partial charge in [-0.3, -0.25) is 4.90 Å². The number of nitrogens with zero attached hydrogens (tertiary/aromatic N) is 3. The van der Waals surface area contributed by atoms with Gasteiger partial charge in [0.2, 0.25) is 0 Å². The van der Waals surface area contributed by atoms with Gasteiger partial charge in [0.25, 0.3) is 0 Å². The number of fused-ring (bicyclic) bond motifs is 1. The summed E-state index contributed by atoms with van der Waals surface area (Å²) in [5.41, 5.74) is 2.12. The molecule has 0 spiro atoms. The van der Waals surface area contributed by atoms with E-state index in [1.165, 1.54) is 4.88 Å². The lowest BCUT2D eigenvalue weighted by atomic mass is 10.2. The summed E-state index contributed by atoms with van der Waals surface area (Å²) in [6.45, 7) is 5.51. The van der Waals surface area contributed by atoms with Crippen molar-refractivity contribution in [3.8, 4) is 10.4 Å². The second-order valence-electron chi connectivity index (χ2n) is 5.93. The first-order chi connectivity index (χ1) is 12.3. The van der Waals surface area contributed by atoms with E-state index in [0.29, 0.717) is 0 Å². The van der Waals surface area contributed by atoms with Crippen molar-refractivity contribution < 1.29 is 4.74 Å². The number of halogens is 1. The summed E-state index contributed by atoms with van der Waals surface area (Å²) in [5.74, 6) is 0.906. The number of rotatable bonds is 5. The minimum absolute atomic E-state index is 0.745. The molecule has 1 aliphatic heterocycles. The molecule has 3 aromatic rings. The smallest absolute Gasteiger partial charge is 0.147 e. The van der Waals surface area contributed by atoms with Crippen LogP contribution in [0.2, 0.25) is 5.02 Å². The van der Waals surface area contributed by atoms with Gasteiger partial charge in [0.15, 0.2) is 0 Å². The van der Waals surface area contributed by atoms with Crippen LogP contribution in [0.3, 0.4) is 0 Å². The summed E-state index contributed by atoms with van der Waals surface area (Å²) in [7, 11) is 0. The Bertz CT molecular complexity index is 846. The fourth-order valence-corrected chi connectivity index (χ4v) is 4.10. The maximum absolute atomic E-state index is 5.98.